The number of morpholine rings is 1. The molecule has 114 valence electrons. The van der Waals surface area contributed by atoms with Crippen LogP contribution in [0.4, 0.5) is 0 Å². The highest BCUT2D eigenvalue weighted by Crippen LogP contribution is 2.28. The Morgan fingerprint density at radius 1 is 1.24 bits per heavy atom. The molecule has 0 radical (unpaired) electrons. The highest BCUT2D eigenvalue weighted by atomic mass is 16.5. The zero-order chi connectivity index (χ0) is 15.2. The van der Waals surface area contributed by atoms with Gasteiger partial charge in [0.15, 0.2) is 23.9 Å². The maximum absolute atomic E-state index is 12.0. The molecule has 0 aliphatic carbocycles. The van der Waals surface area contributed by atoms with Gasteiger partial charge in [0.1, 0.15) is 0 Å². The molecule has 0 bridgehead atoms. The third kappa shape index (κ3) is 3.95. The molecule has 21 heavy (non-hydrogen) atoms. The van der Waals surface area contributed by atoms with E-state index in [1.807, 2.05) is 0 Å². The zero-order valence-electron chi connectivity index (χ0n) is 12.3. The summed E-state index contributed by atoms with van der Waals surface area (Å²) in [6.07, 6.45) is 0. The average Bonchev–Trinajstić information content (AvgIpc) is 2.53. The van der Waals surface area contributed by atoms with Crippen LogP contribution >= 0.6 is 0 Å². The molecule has 1 aliphatic heterocycles. The Balaban J connectivity index is 1.98. The number of rotatable bonds is 5. The molecule has 1 aliphatic rings. The molecule has 6 heteroatoms. The SMILES string of the molecule is COc1cc(C(C)=O)ccc1OCC(=O)N1CCOCC1. The summed E-state index contributed by atoms with van der Waals surface area (Å²) in [5, 5.41) is 0. The van der Waals surface area contributed by atoms with Gasteiger partial charge in [0.2, 0.25) is 0 Å². The van der Waals surface area contributed by atoms with Gasteiger partial charge >= 0.3 is 0 Å². The molecule has 1 aromatic rings. The maximum Gasteiger partial charge on any atom is 0.260 e. The minimum absolute atomic E-state index is 0.0516. The molecule has 6 nitrogen and oxygen atoms in total. The molecule has 0 spiro atoms. The predicted molar refractivity (Wildman–Crippen MR) is 75.9 cm³/mol. The lowest BCUT2D eigenvalue weighted by atomic mass is 10.1. The fraction of sp³-hybridized carbons (Fsp3) is 0.467. The Bertz CT molecular complexity index is 523. The summed E-state index contributed by atoms with van der Waals surface area (Å²) in [7, 11) is 1.50. The van der Waals surface area contributed by atoms with Gasteiger partial charge in [-0.15, -0.1) is 0 Å². The third-order valence-corrected chi connectivity index (χ3v) is 3.29. The fourth-order valence-electron chi connectivity index (χ4n) is 2.05. The summed E-state index contributed by atoms with van der Waals surface area (Å²) in [5.74, 6) is 0.752. The molecule has 0 N–H and O–H groups in total. The summed E-state index contributed by atoms with van der Waals surface area (Å²) in [5.41, 5.74) is 0.540. The van der Waals surface area contributed by atoms with Gasteiger partial charge in [-0.25, -0.2) is 0 Å². The number of carbonyl (C=O) groups is 2. The van der Waals surface area contributed by atoms with Crippen molar-refractivity contribution in [3.05, 3.63) is 23.8 Å². The van der Waals surface area contributed by atoms with Crippen LogP contribution in [0.15, 0.2) is 18.2 Å². The second-order valence-corrected chi connectivity index (χ2v) is 4.70. The van der Waals surface area contributed by atoms with Crippen molar-refractivity contribution in [3.63, 3.8) is 0 Å². The van der Waals surface area contributed by atoms with Crippen molar-refractivity contribution >= 4 is 11.7 Å². The van der Waals surface area contributed by atoms with E-state index in [-0.39, 0.29) is 18.3 Å². The molecular formula is C15H19NO5. The summed E-state index contributed by atoms with van der Waals surface area (Å²) in [6.45, 7) is 3.71. The van der Waals surface area contributed by atoms with E-state index < -0.39 is 0 Å². The molecular weight excluding hydrogens is 274 g/mol. The molecule has 0 atom stereocenters. The van der Waals surface area contributed by atoms with Crippen LogP contribution in [0.25, 0.3) is 0 Å². The van der Waals surface area contributed by atoms with Crippen molar-refractivity contribution in [1.29, 1.82) is 0 Å². The second kappa shape index (κ2) is 7.08. The molecule has 0 unspecified atom stereocenters. The van der Waals surface area contributed by atoms with E-state index in [9.17, 15) is 9.59 Å². The Kier molecular flexibility index (Phi) is 5.16. The molecule has 0 aromatic heterocycles. The Morgan fingerprint density at radius 3 is 2.57 bits per heavy atom. The number of hydrogen-bond donors (Lipinski definition) is 0. The largest absolute Gasteiger partial charge is 0.493 e. The van der Waals surface area contributed by atoms with Gasteiger partial charge in [0, 0.05) is 18.7 Å². The van der Waals surface area contributed by atoms with Crippen molar-refractivity contribution in [3.8, 4) is 11.5 Å². The van der Waals surface area contributed by atoms with E-state index in [2.05, 4.69) is 0 Å². The van der Waals surface area contributed by atoms with Crippen LogP contribution in [0, 0.1) is 0 Å². The van der Waals surface area contributed by atoms with Crippen molar-refractivity contribution in [1.82, 2.24) is 4.90 Å². The number of methoxy groups -OCH3 is 1. The number of amides is 1. The van der Waals surface area contributed by atoms with E-state index in [0.29, 0.717) is 43.4 Å². The van der Waals surface area contributed by atoms with Gasteiger partial charge in [0.05, 0.1) is 20.3 Å². The highest BCUT2D eigenvalue weighted by Gasteiger charge is 2.18. The van der Waals surface area contributed by atoms with Gasteiger partial charge in [-0.3, -0.25) is 9.59 Å². The van der Waals surface area contributed by atoms with E-state index in [1.165, 1.54) is 14.0 Å². The Labute approximate surface area is 123 Å². The Hall–Kier alpha value is -2.08. The van der Waals surface area contributed by atoms with Crippen molar-refractivity contribution < 1.29 is 23.8 Å². The van der Waals surface area contributed by atoms with E-state index >= 15 is 0 Å². The highest BCUT2D eigenvalue weighted by molar-refractivity contribution is 5.94. The van der Waals surface area contributed by atoms with Crippen LogP contribution in [-0.2, 0) is 9.53 Å². The molecule has 1 amide bonds. The first-order valence-electron chi connectivity index (χ1n) is 6.79. The van der Waals surface area contributed by atoms with Gasteiger partial charge in [-0.1, -0.05) is 0 Å². The summed E-state index contributed by atoms with van der Waals surface area (Å²) in [4.78, 5) is 25.0. The topological polar surface area (TPSA) is 65.1 Å². The van der Waals surface area contributed by atoms with Crippen LogP contribution in [0.3, 0.4) is 0 Å². The smallest absolute Gasteiger partial charge is 0.260 e. The standard InChI is InChI=1S/C15H19NO5/c1-11(17)12-3-4-13(14(9-12)19-2)21-10-15(18)16-5-7-20-8-6-16/h3-4,9H,5-8,10H2,1-2H3. The molecule has 1 heterocycles. The monoisotopic (exact) mass is 293 g/mol. The number of ketones is 1. The lowest BCUT2D eigenvalue weighted by Gasteiger charge is -2.26. The quantitative estimate of drug-likeness (QED) is 0.762. The first-order valence-corrected chi connectivity index (χ1v) is 6.79. The summed E-state index contributed by atoms with van der Waals surface area (Å²) >= 11 is 0. The Morgan fingerprint density at radius 2 is 1.95 bits per heavy atom. The van der Waals surface area contributed by atoms with E-state index in [1.54, 1.807) is 23.1 Å². The summed E-state index contributed by atoms with van der Waals surface area (Å²) < 4.78 is 15.9. The normalized spacial score (nSPS) is 14.7. The number of benzene rings is 1. The lowest BCUT2D eigenvalue weighted by molar-refractivity contribution is -0.137. The second-order valence-electron chi connectivity index (χ2n) is 4.70. The van der Waals surface area contributed by atoms with Crippen molar-refractivity contribution in [2.24, 2.45) is 0 Å². The molecule has 1 aromatic carbocycles. The molecule has 1 saturated heterocycles. The van der Waals surface area contributed by atoms with Crippen molar-refractivity contribution in [2.45, 2.75) is 6.92 Å². The number of carbonyl (C=O) groups excluding carboxylic acids is 2. The van der Waals surface area contributed by atoms with E-state index in [0.717, 1.165) is 0 Å². The first-order chi connectivity index (χ1) is 10.1. The fourth-order valence-corrected chi connectivity index (χ4v) is 2.05. The maximum atomic E-state index is 12.0. The number of ether oxygens (including phenoxy) is 3. The molecule has 0 saturated carbocycles. The van der Waals surface area contributed by atoms with Gasteiger partial charge in [0.25, 0.3) is 5.91 Å². The minimum atomic E-state index is -0.0870. The molecule has 1 fully saturated rings. The van der Waals surface area contributed by atoms with Gasteiger partial charge < -0.3 is 19.1 Å². The van der Waals surface area contributed by atoms with Gasteiger partial charge in [-0.05, 0) is 25.1 Å². The van der Waals surface area contributed by atoms with Gasteiger partial charge in [-0.2, -0.15) is 0 Å². The van der Waals surface area contributed by atoms with Crippen LogP contribution in [-0.4, -0.2) is 56.6 Å². The van der Waals surface area contributed by atoms with E-state index in [4.69, 9.17) is 14.2 Å². The third-order valence-electron chi connectivity index (χ3n) is 3.29. The van der Waals surface area contributed by atoms with Crippen LogP contribution < -0.4 is 9.47 Å². The zero-order valence-corrected chi connectivity index (χ0v) is 12.3. The van der Waals surface area contributed by atoms with Crippen LogP contribution in [0.5, 0.6) is 11.5 Å². The van der Waals surface area contributed by atoms with Crippen LogP contribution in [0.1, 0.15) is 17.3 Å². The first kappa shape index (κ1) is 15.3. The average molecular weight is 293 g/mol. The number of hydrogen-bond acceptors (Lipinski definition) is 5. The lowest BCUT2D eigenvalue weighted by Crippen LogP contribution is -2.43. The number of nitrogens with zero attached hydrogens (tertiary/aromatic N) is 1. The number of Topliss-reactive ketones (excluding diaryl/α,β-unsaturated/α-hetero) is 1. The van der Waals surface area contributed by atoms with Crippen molar-refractivity contribution in [2.75, 3.05) is 40.0 Å². The minimum Gasteiger partial charge on any atom is -0.493 e. The predicted octanol–water partition coefficient (Wildman–Crippen LogP) is 1.14. The summed E-state index contributed by atoms with van der Waals surface area (Å²) in [6, 6.07) is 4.90. The van der Waals surface area contributed by atoms with Crippen LogP contribution in [0.2, 0.25) is 0 Å². The molecule has 2 rings (SSSR count).